The van der Waals surface area contributed by atoms with Gasteiger partial charge in [0.05, 0.1) is 16.1 Å². The van der Waals surface area contributed by atoms with Crippen LogP contribution in [0.5, 0.6) is 0 Å². The van der Waals surface area contributed by atoms with Crippen molar-refractivity contribution in [2.45, 2.75) is 6.92 Å². The fourth-order valence-electron chi connectivity index (χ4n) is 3.64. The molecule has 0 amide bonds. The fraction of sp³-hybridized carbons (Fsp3) is 0.286. The fourth-order valence-corrected chi connectivity index (χ4v) is 4.70. The predicted molar refractivity (Wildman–Crippen MR) is 115 cm³/mol. The highest BCUT2D eigenvalue weighted by atomic mass is 32.1. The molecule has 4 aromatic rings. The van der Waals surface area contributed by atoms with Crippen molar-refractivity contribution in [2.75, 3.05) is 38.1 Å². The van der Waals surface area contributed by atoms with Gasteiger partial charge in [0.25, 0.3) is 0 Å². The summed E-state index contributed by atoms with van der Waals surface area (Å²) >= 11 is 1.67. The van der Waals surface area contributed by atoms with Gasteiger partial charge in [0.2, 0.25) is 0 Å². The first-order chi connectivity index (χ1) is 13.7. The summed E-state index contributed by atoms with van der Waals surface area (Å²) in [6.45, 7) is 6.27. The SMILES string of the molecule is Cc1nc(-c2n[nH]c3ccccc23)sc1-c1ccc(N2CCN(C)CC2)nc1. The molecule has 0 atom stereocenters. The molecule has 142 valence electrons. The summed E-state index contributed by atoms with van der Waals surface area (Å²) in [5.74, 6) is 1.05. The molecule has 0 unspecified atom stereocenters. The Morgan fingerprint density at radius 3 is 2.64 bits per heavy atom. The van der Waals surface area contributed by atoms with Crippen LogP contribution >= 0.6 is 11.3 Å². The summed E-state index contributed by atoms with van der Waals surface area (Å²) < 4.78 is 0. The van der Waals surface area contributed by atoms with E-state index in [-0.39, 0.29) is 0 Å². The van der Waals surface area contributed by atoms with Crippen molar-refractivity contribution in [3.63, 3.8) is 0 Å². The number of fused-ring (bicyclic) bond motifs is 1. The highest BCUT2D eigenvalue weighted by Gasteiger charge is 2.18. The molecule has 0 spiro atoms. The smallest absolute Gasteiger partial charge is 0.145 e. The number of pyridine rings is 1. The van der Waals surface area contributed by atoms with Gasteiger partial charge in [0.15, 0.2) is 0 Å². The average Bonchev–Trinajstić information content (AvgIpc) is 3.32. The van der Waals surface area contributed by atoms with E-state index in [0.717, 1.165) is 69.7 Å². The van der Waals surface area contributed by atoms with Crippen molar-refractivity contribution in [2.24, 2.45) is 0 Å². The second-order valence-electron chi connectivity index (χ2n) is 7.25. The number of hydrogen-bond donors (Lipinski definition) is 1. The van der Waals surface area contributed by atoms with Gasteiger partial charge in [-0.25, -0.2) is 9.97 Å². The van der Waals surface area contributed by atoms with Gasteiger partial charge in [-0.2, -0.15) is 5.10 Å². The summed E-state index contributed by atoms with van der Waals surface area (Å²) in [4.78, 5) is 15.4. The lowest BCUT2D eigenvalue weighted by Crippen LogP contribution is -2.44. The number of benzene rings is 1. The normalized spacial score (nSPS) is 15.4. The van der Waals surface area contributed by atoms with E-state index in [4.69, 9.17) is 9.97 Å². The van der Waals surface area contributed by atoms with Crippen LogP contribution in [-0.4, -0.2) is 58.3 Å². The molecule has 0 bridgehead atoms. The van der Waals surface area contributed by atoms with Crippen molar-refractivity contribution in [3.05, 3.63) is 48.3 Å². The topological polar surface area (TPSA) is 60.9 Å². The molecule has 1 aliphatic rings. The average molecular weight is 391 g/mol. The molecule has 28 heavy (non-hydrogen) atoms. The summed E-state index contributed by atoms with van der Waals surface area (Å²) in [5, 5.41) is 9.63. The largest absolute Gasteiger partial charge is 0.354 e. The Kier molecular flexibility index (Phi) is 4.33. The molecule has 6 nitrogen and oxygen atoms in total. The highest BCUT2D eigenvalue weighted by molar-refractivity contribution is 7.18. The Hall–Kier alpha value is -2.77. The van der Waals surface area contributed by atoms with Crippen molar-refractivity contribution < 1.29 is 0 Å². The number of nitrogens with zero attached hydrogens (tertiary/aromatic N) is 5. The summed E-state index contributed by atoms with van der Waals surface area (Å²) in [6.07, 6.45) is 1.97. The minimum atomic E-state index is 0.914. The van der Waals surface area contributed by atoms with Crippen LogP contribution in [0.1, 0.15) is 5.69 Å². The molecule has 1 aliphatic heterocycles. The molecule has 0 radical (unpaired) electrons. The zero-order valence-electron chi connectivity index (χ0n) is 16.0. The third-order valence-corrected chi connectivity index (χ3v) is 6.52. The predicted octanol–water partition coefficient (Wildman–Crippen LogP) is 3.81. The number of hydrogen-bond acceptors (Lipinski definition) is 6. The number of aromatic nitrogens is 4. The first-order valence-corrected chi connectivity index (χ1v) is 10.3. The van der Waals surface area contributed by atoms with Gasteiger partial charge < -0.3 is 9.80 Å². The highest BCUT2D eigenvalue weighted by Crippen LogP contribution is 2.37. The molecule has 1 aromatic carbocycles. The lowest BCUT2D eigenvalue weighted by molar-refractivity contribution is 0.312. The first-order valence-electron chi connectivity index (χ1n) is 9.50. The number of para-hydroxylation sites is 1. The first kappa shape index (κ1) is 17.3. The zero-order valence-corrected chi connectivity index (χ0v) is 16.8. The number of nitrogens with one attached hydrogen (secondary N) is 1. The van der Waals surface area contributed by atoms with Crippen LogP contribution in [0, 0.1) is 6.92 Å². The van der Waals surface area contributed by atoms with E-state index in [1.807, 2.05) is 24.4 Å². The van der Waals surface area contributed by atoms with Crippen LogP contribution < -0.4 is 4.90 Å². The van der Waals surface area contributed by atoms with E-state index in [9.17, 15) is 0 Å². The van der Waals surface area contributed by atoms with E-state index in [0.29, 0.717) is 0 Å². The van der Waals surface area contributed by atoms with Gasteiger partial charge in [-0.1, -0.05) is 18.2 Å². The van der Waals surface area contributed by atoms with Crippen LogP contribution in [0.25, 0.3) is 32.0 Å². The molecule has 4 heterocycles. The third kappa shape index (κ3) is 3.06. The number of rotatable bonds is 3. The van der Waals surface area contributed by atoms with Gasteiger partial charge in [-0.05, 0) is 32.2 Å². The molecule has 0 saturated carbocycles. The van der Waals surface area contributed by atoms with E-state index < -0.39 is 0 Å². The van der Waals surface area contributed by atoms with Gasteiger partial charge in [-0.15, -0.1) is 11.3 Å². The quantitative estimate of drug-likeness (QED) is 0.576. The number of aryl methyl sites for hydroxylation is 1. The van der Waals surface area contributed by atoms with E-state index in [1.54, 1.807) is 11.3 Å². The van der Waals surface area contributed by atoms with Crippen molar-refractivity contribution in [3.8, 4) is 21.1 Å². The maximum atomic E-state index is 4.79. The Bertz CT molecular complexity index is 1110. The molecular formula is C21H22N6S. The van der Waals surface area contributed by atoms with E-state index in [1.165, 1.54) is 0 Å². The molecule has 3 aromatic heterocycles. The second kappa shape index (κ2) is 7.00. The molecule has 5 rings (SSSR count). The Morgan fingerprint density at radius 2 is 1.86 bits per heavy atom. The van der Waals surface area contributed by atoms with Crippen LogP contribution in [0.2, 0.25) is 0 Å². The number of likely N-dealkylation sites (N-methyl/N-ethyl adjacent to an activating group) is 1. The Labute approximate surface area is 167 Å². The van der Waals surface area contributed by atoms with Crippen LogP contribution in [0.4, 0.5) is 5.82 Å². The minimum Gasteiger partial charge on any atom is -0.354 e. The minimum absolute atomic E-state index is 0.914. The van der Waals surface area contributed by atoms with Gasteiger partial charge in [0.1, 0.15) is 16.5 Å². The number of piperazine rings is 1. The third-order valence-electron chi connectivity index (χ3n) is 5.31. The molecule has 1 fully saturated rings. The second-order valence-corrected chi connectivity index (χ2v) is 8.25. The molecule has 0 aliphatic carbocycles. The number of aromatic amines is 1. The van der Waals surface area contributed by atoms with Crippen molar-refractivity contribution in [1.82, 2.24) is 25.1 Å². The Morgan fingerprint density at radius 1 is 1.04 bits per heavy atom. The maximum absolute atomic E-state index is 4.79. The van der Waals surface area contributed by atoms with Gasteiger partial charge in [0, 0.05) is 43.3 Å². The Balaban J connectivity index is 1.44. The lowest BCUT2D eigenvalue weighted by Gasteiger charge is -2.33. The summed E-state index contributed by atoms with van der Waals surface area (Å²) in [5.41, 5.74) is 4.07. The monoisotopic (exact) mass is 390 g/mol. The van der Waals surface area contributed by atoms with E-state index in [2.05, 4.69) is 52.2 Å². The number of thiazole rings is 1. The van der Waals surface area contributed by atoms with Crippen molar-refractivity contribution >= 4 is 28.1 Å². The molecule has 7 heteroatoms. The summed E-state index contributed by atoms with van der Waals surface area (Å²) in [7, 11) is 2.17. The number of H-pyrrole nitrogens is 1. The van der Waals surface area contributed by atoms with Gasteiger partial charge >= 0.3 is 0 Å². The molecular weight excluding hydrogens is 368 g/mol. The van der Waals surface area contributed by atoms with Crippen molar-refractivity contribution in [1.29, 1.82) is 0 Å². The number of anilines is 1. The lowest BCUT2D eigenvalue weighted by atomic mass is 10.2. The zero-order chi connectivity index (χ0) is 19.1. The molecule has 1 N–H and O–H groups in total. The standard InChI is InChI=1S/C21H22N6S/c1-14-20(15-7-8-18(22-13-15)27-11-9-26(2)10-12-27)28-21(23-14)19-16-5-3-4-6-17(16)24-25-19/h3-8,13H,9-12H2,1-2H3,(H,24,25). The molecule has 1 saturated heterocycles. The van der Waals surface area contributed by atoms with Crippen LogP contribution in [-0.2, 0) is 0 Å². The van der Waals surface area contributed by atoms with Crippen LogP contribution in [0.15, 0.2) is 42.6 Å². The van der Waals surface area contributed by atoms with Gasteiger partial charge in [-0.3, -0.25) is 5.10 Å². The maximum Gasteiger partial charge on any atom is 0.145 e. The van der Waals surface area contributed by atoms with Crippen LogP contribution in [0.3, 0.4) is 0 Å². The summed E-state index contributed by atoms with van der Waals surface area (Å²) in [6, 6.07) is 12.4. The van der Waals surface area contributed by atoms with E-state index >= 15 is 0 Å².